The number of allylic oxidation sites excluding steroid dienone is 1. The van der Waals surface area contributed by atoms with Crippen LogP contribution in [0.2, 0.25) is 19.6 Å². The maximum absolute atomic E-state index is 10.8. The number of rotatable bonds is 2. The Kier molecular flexibility index (Phi) is 5.16. The van der Waals surface area contributed by atoms with E-state index in [0.29, 0.717) is 6.61 Å². The highest BCUT2D eigenvalue weighted by molar-refractivity contribution is 6.83. The van der Waals surface area contributed by atoms with Crippen LogP contribution in [-0.4, -0.2) is 20.7 Å². The van der Waals surface area contributed by atoms with Gasteiger partial charge in [-0.25, -0.2) is 4.79 Å². The Morgan fingerprint density at radius 3 is 2.54 bits per heavy atom. The van der Waals surface area contributed by atoms with Crippen molar-refractivity contribution in [1.82, 2.24) is 0 Å². The molecular formula is C10H16O2Si. The van der Waals surface area contributed by atoms with Crippen LogP contribution in [0.25, 0.3) is 0 Å². The van der Waals surface area contributed by atoms with Crippen LogP contribution in [0.3, 0.4) is 0 Å². The SMILES string of the molecule is CCOC(=O)/C=C\C#C[Si](C)(C)C. The number of hydrogen-bond acceptors (Lipinski definition) is 2. The van der Waals surface area contributed by atoms with Crippen LogP contribution >= 0.6 is 0 Å². The lowest BCUT2D eigenvalue weighted by atomic mass is 10.5. The van der Waals surface area contributed by atoms with E-state index in [-0.39, 0.29) is 5.97 Å². The highest BCUT2D eigenvalue weighted by atomic mass is 28.3. The fourth-order valence-electron chi connectivity index (χ4n) is 0.558. The summed E-state index contributed by atoms with van der Waals surface area (Å²) in [6.07, 6.45) is 2.91. The minimum atomic E-state index is -1.31. The highest BCUT2D eigenvalue weighted by Crippen LogP contribution is 1.95. The molecule has 0 aromatic carbocycles. The molecule has 0 aliphatic rings. The molecule has 0 aromatic rings. The first-order valence-corrected chi connectivity index (χ1v) is 7.81. The van der Waals surface area contributed by atoms with Crippen molar-refractivity contribution in [2.24, 2.45) is 0 Å². The number of carbonyl (C=O) groups is 1. The van der Waals surface area contributed by atoms with Crippen molar-refractivity contribution in [1.29, 1.82) is 0 Å². The largest absolute Gasteiger partial charge is 0.463 e. The summed E-state index contributed by atoms with van der Waals surface area (Å²) in [5.74, 6) is 2.52. The van der Waals surface area contributed by atoms with Gasteiger partial charge in [-0.15, -0.1) is 5.54 Å². The van der Waals surface area contributed by atoms with Gasteiger partial charge in [0, 0.05) is 6.08 Å². The number of ether oxygens (including phenoxy) is 1. The molecule has 2 nitrogen and oxygen atoms in total. The normalized spacial score (nSPS) is 10.8. The van der Waals surface area contributed by atoms with E-state index in [0.717, 1.165) is 0 Å². The molecule has 72 valence electrons. The molecule has 0 fully saturated rings. The molecule has 0 heterocycles. The zero-order valence-corrected chi connectivity index (χ0v) is 9.68. The van der Waals surface area contributed by atoms with E-state index in [1.54, 1.807) is 13.0 Å². The van der Waals surface area contributed by atoms with Crippen LogP contribution in [0.1, 0.15) is 6.92 Å². The Morgan fingerprint density at radius 2 is 2.08 bits per heavy atom. The summed E-state index contributed by atoms with van der Waals surface area (Å²) < 4.78 is 4.69. The molecule has 0 aliphatic heterocycles. The first kappa shape index (κ1) is 12.0. The van der Waals surface area contributed by atoms with Gasteiger partial charge >= 0.3 is 5.97 Å². The van der Waals surface area contributed by atoms with E-state index >= 15 is 0 Å². The fraction of sp³-hybridized carbons (Fsp3) is 0.500. The van der Waals surface area contributed by atoms with E-state index < -0.39 is 8.07 Å². The van der Waals surface area contributed by atoms with Crippen molar-refractivity contribution in [3.05, 3.63) is 12.2 Å². The third kappa shape index (κ3) is 8.90. The number of esters is 1. The van der Waals surface area contributed by atoms with Gasteiger partial charge in [-0.2, -0.15) is 0 Å². The summed E-state index contributed by atoms with van der Waals surface area (Å²) in [5.41, 5.74) is 3.11. The maximum Gasteiger partial charge on any atom is 0.331 e. The molecule has 0 N–H and O–H groups in total. The second-order valence-corrected chi connectivity index (χ2v) is 8.35. The van der Waals surface area contributed by atoms with Crippen LogP contribution in [-0.2, 0) is 9.53 Å². The van der Waals surface area contributed by atoms with Gasteiger partial charge in [-0.3, -0.25) is 0 Å². The lowest BCUT2D eigenvalue weighted by Gasteiger charge is -2.02. The van der Waals surface area contributed by atoms with E-state index in [4.69, 9.17) is 4.74 Å². The average molecular weight is 196 g/mol. The lowest BCUT2D eigenvalue weighted by molar-refractivity contribution is -0.137. The van der Waals surface area contributed by atoms with Crippen molar-refractivity contribution in [3.63, 3.8) is 0 Å². The minimum absolute atomic E-state index is 0.327. The first-order valence-electron chi connectivity index (χ1n) is 4.31. The van der Waals surface area contributed by atoms with Crippen LogP contribution in [0.5, 0.6) is 0 Å². The van der Waals surface area contributed by atoms with Crippen molar-refractivity contribution in [2.75, 3.05) is 6.61 Å². The summed E-state index contributed by atoms with van der Waals surface area (Å²) in [6, 6.07) is 0. The van der Waals surface area contributed by atoms with Gasteiger partial charge < -0.3 is 4.74 Å². The Morgan fingerprint density at radius 1 is 1.46 bits per heavy atom. The van der Waals surface area contributed by atoms with Crippen molar-refractivity contribution < 1.29 is 9.53 Å². The van der Waals surface area contributed by atoms with Gasteiger partial charge in [0.25, 0.3) is 0 Å². The topological polar surface area (TPSA) is 26.3 Å². The monoisotopic (exact) mass is 196 g/mol. The summed E-state index contributed by atoms with van der Waals surface area (Å²) in [4.78, 5) is 10.8. The van der Waals surface area contributed by atoms with E-state index in [1.165, 1.54) is 6.08 Å². The zero-order chi connectivity index (χ0) is 10.3. The number of hydrogen-bond donors (Lipinski definition) is 0. The summed E-state index contributed by atoms with van der Waals surface area (Å²) in [7, 11) is -1.31. The predicted octanol–water partition coefficient (Wildman–Crippen LogP) is 1.99. The summed E-state index contributed by atoms with van der Waals surface area (Å²) in [5, 5.41) is 0. The van der Waals surface area contributed by atoms with Crippen LogP contribution < -0.4 is 0 Å². The molecule has 0 saturated carbocycles. The molecule has 0 atom stereocenters. The van der Waals surface area contributed by atoms with Gasteiger partial charge in [0.1, 0.15) is 8.07 Å². The number of carbonyl (C=O) groups excluding carboxylic acids is 1. The first-order chi connectivity index (χ1) is 5.95. The molecule has 13 heavy (non-hydrogen) atoms. The van der Waals surface area contributed by atoms with Gasteiger partial charge in [0.2, 0.25) is 0 Å². The molecule has 0 aliphatic carbocycles. The van der Waals surface area contributed by atoms with E-state index in [2.05, 4.69) is 31.1 Å². The second kappa shape index (κ2) is 5.60. The third-order valence-corrected chi connectivity index (χ3v) is 1.93. The maximum atomic E-state index is 10.8. The molecule has 0 rings (SSSR count). The van der Waals surface area contributed by atoms with Crippen molar-refractivity contribution >= 4 is 14.0 Å². The molecule has 0 unspecified atom stereocenters. The Hall–Kier alpha value is -1.01. The molecule has 0 radical (unpaired) electrons. The quantitative estimate of drug-likeness (QED) is 0.292. The Labute approximate surface area is 81.0 Å². The third-order valence-electron chi connectivity index (χ3n) is 1.04. The molecule has 0 amide bonds. The van der Waals surface area contributed by atoms with Crippen LogP contribution in [0.15, 0.2) is 12.2 Å². The smallest absolute Gasteiger partial charge is 0.331 e. The predicted molar refractivity (Wildman–Crippen MR) is 56.9 cm³/mol. The Bertz CT molecular complexity index is 250. The summed E-state index contributed by atoms with van der Waals surface area (Å²) in [6.45, 7) is 8.64. The van der Waals surface area contributed by atoms with Crippen molar-refractivity contribution in [3.8, 4) is 11.5 Å². The fourth-order valence-corrected chi connectivity index (χ4v) is 1.07. The van der Waals surface area contributed by atoms with Gasteiger partial charge in [-0.05, 0) is 13.0 Å². The average Bonchev–Trinajstić information content (AvgIpc) is 1.97. The second-order valence-electron chi connectivity index (χ2n) is 3.60. The van der Waals surface area contributed by atoms with Gasteiger partial charge in [0.15, 0.2) is 0 Å². The molecule has 0 bridgehead atoms. The molecule has 0 aromatic heterocycles. The van der Waals surface area contributed by atoms with Gasteiger partial charge in [-0.1, -0.05) is 25.6 Å². The standard InChI is InChI=1S/C10H16O2Si/c1-5-12-10(11)8-6-7-9-13(2,3)4/h6,8H,5H2,1-4H3/b8-6-. The highest BCUT2D eigenvalue weighted by Gasteiger charge is 2.06. The Balaban J connectivity index is 3.99. The van der Waals surface area contributed by atoms with Crippen molar-refractivity contribution in [2.45, 2.75) is 26.6 Å². The van der Waals surface area contributed by atoms with Crippen LogP contribution in [0.4, 0.5) is 0 Å². The molecule has 0 saturated heterocycles. The molecule has 0 spiro atoms. The zero-order valence-electron chi connectivity index (χ0n) is 8.68. The van der Waals surface area contributed by atoms with Crippen LogP contribution in [0, 0.1) is 11.5 Å². The van der Waals surface area contributed by atoms with Gasteiger partial charge in [0.05, 0.1) is 6.61 Å². The minimum Gasteiger partial charge on any atom is -0.463 e. The lowest BCUT2D eigenvalue weighted by Crippen LogP contribution is -2.16. The van der Waals surface area contributed by atoms with E-state index in [9.17, 15) is 4.79 Å². The molecule has 3 heteroatoms. The summed E-state index contributed by atoms with van der Waals surface area (Å²) >= 11 is 0. The molecular weight excluding hydrogens is 180 g/mol. The van der Waals surface area contributed by atoms with E-state index in [1.807, 2.05) is 0 Å².